The molecule has 1 unspecified atom stereocenters. The summed E-state index contributed by atoms with van der Waals surface area (Å²) in [6.07, 6.45) is 4.10. The van der Waals surface area contributed by atoms with Crippen LogP contribution in [0.5, 0.6) is 5.75 Å². The van der Waals surface area contributed by atoms with Crippen molar-refractivity contribution in [2.24, 2.45) is 4.99 Å². The van der Waals surface area contributed by atoms with Gasteiger partial charge in [0.25, 0.3) is 5.91 Å². The van der Waals surface area contributed by atoms with Gasteiger partial charge in [0.2, 0.25) is 0 Å². The van der Waals surface area contributed by atoms with E-state index in [1.54, 1.807) is 42.5 Å². The molecule has 0 bridgehead atoms. The van der Waals surface area contributed by atoms with Crippen LogP contribution in [0.4, 0.5) is 5.69 Å². The summed E-state index contributed by atoms with van der Waals surface area (Å²) >= 11 is 6.02. The van der Waals surface area contributed by atoms with Crippen molar-refractivity contribution in [3.63, 3.8) is 0 Å². The largest absolute Gasteiger partial charge is 1.00 e. The van der Waals surface area contributed by atoms with Crippen LogP contribution < -0.4 is 118 Å². The Morgan fingerprint density at radius 3 is 2.40 bits per heavy atom. The molecular weight excluding hydrogens is 522 g/mol. The number of fused-ring (bicyclic) bond motifs is 2. The number of halogens is 1. The number of nitrogens with zero attached hydrogens (tertiary/aromatic N) is 1. The van der Waals surface area contributed by atoms with Gasteiger partial charge >= 0.3 is 103 Å². The van der Waals surface area contributed by atoms with Gasteiger partial charge in [-0.05, 0) is 30.3 Å². The van der Waals surface area contributed by atoms with E-state index >= 15 is 0 Å². The molecule has 5 rings (SSSR count). The topological polar surface area (TPSA) is 121 Å². The first-order chi connectivity index (χ1) is 15.5. The normalized spacial score (nSPS) is 14.7. The van der Waals surface area contributed by atoms with E-state index in [0.717, 1.165) is 5.75 Å². The van der Waals surface area contributed by atoms with Gasteiger partial charge in [-0.1, -0.05) is 66.2 Å². The maximum atomic E-state index is 12.0. The molecular formula is C25H19ClK2N2O5. The van der Waals surface area contributed by atoms with Gasteiger partial charge < -0.3 is 25.4 Å². The molecule has 0 radical (unpaired) electrons. The summed E-state index contributed by atoms with van der Waals surface area (Å²) < 4.78 is 5.34. The number of amides is 1. The number of carbonyl (C=O) groups excluding carboxylic acids is 2. The number of carboxylic acid groups (broad SMARTS) is 1. The van der Waals surface area contributed by atoms with E-state index in [2.05, 4.69) is 16.4 Å². The SMILES string of the molecule is C1=Cc2ccccc2OC1.O=C([O-])C1N=C(c2ccccc2)c2cc(Cl)ccc2NC1=O.[K+].[K+].[OH-]. The van der Waals surface area contributed by atoms with E-state index in [9.17, 15) is 14.7 Å². The zero-order valence-corrected chi connectivity index (χ0v) is 26.3. The van der Waals surface area contributed by atoms with Crippen LogP contribution in [0.1, 0.15) is 16.7 Å². The summed E-state index contributed by atoms with van der Waals surface area (Å²) in [7, 11) is 0. The Balaban J connectivity index is 0.000000400. The first-order valence-corrected chi connectivity index (χ1v) is 10.2. The molecule has 2 aliphatic heterocycles. The second kappa shape index (κ2) is 15.6. The van der Waals surface area contributed by atoms with Gasteiger partial charge in [-0.2, -0.15) is 0 Å². The Hall–Kier alpha value is -0.667. The van der Waals surface area contributed by atoms with Crippen LogP contribution >= 0.6 is 11.6 Å². The number of benzodiazepines with no additional fused rings is 1. The molecule has 3 aromatic rings. The fourth-order valence-corrected chi connectivity index (χ4v) is 3.50. The van der Waals surface area contributed by atoms with Crippen molar-refractivity contribution in [2.75, 3.05) is 11.9 Å². The minimum absolute atomic E-state index is 0. The Labute approximate surface area is 293 Å². The molecule has 0 saturated heterocycles. The number of para-hydroxylation sites is 1. The molecule has 0 aliphatic carbocycles. The third-order valence-electron chi connectivity index (χ3n) is 4.82. The Kier molecular flexibility index (Phi) is 14.4. The van der Waals surface area contributed by atoms with Crippen LogP contribution in [-0.4, -0.2) is 35.7 Å². The number of hydrogen-bond acceptors (Lipinski definition) is 6. The van der Waals surface area contributed by atoms with E-state index in [1.807, 2.05) is 36.4 Å². The van der Waals surface area contributed by atoms with Crippen molar-refractivity contribution < 1.29 is 128 Å². The van der Waals surface area contributed by atoms with Crippen molar-refractivity contribution in [1.82, 2.24) is 0 Å². The van der Waals surface area contributed by atoms with Gasteiger partial charge in [-0.25, -0.2) is 0 Å². The van der Waals surface area contributed by atoms with Gasteiger partial charge in [0.1, 0.15) is 12.4 Å². The summed E-state index contributed by atoms with van der Waals surface area (Å²) in [5.74, 6) is -1.30. The summed E-state index contributed by atoms with van der Waals surface area (Å²) in [6, 6.07) is 20.3. The van der Waals surface area contributed by atoms with E-state index in [0.29, 0.717) is 34.2 Å². The van der Waals surface area contributed by atoms with Crippen LogP contribution in [0.15, 0.2) is 83.9 Å². The number of carboxylic acids is 1. The summed E-state index contributed by atoms with van der Waals surface area (Å²) in [5.41, 5.74) is 3.27. The van der Waals surface area contributed by atoms with Crippen LogP contribution in [0.25, 0.3) is 6.08 Å². The molecule has 1 atom stereocenters. The number of benzene rings is 3. The molecule has 2 N–H and O–H groups in total. The van der Waals surface area contributed by atoms with Crippen LogP contribution in [0, 0.1) is 0 Å². The predicted molar refractivity (Wildman–Crippen MR) is 124 cm³/mol. The Morgan fingerprint density at radius 2 is 1.71 bits per heavy atom. The van der Waals surface area contributed by atoms with E-state index < -0.39 is 17.9 Å². The number of aliphatic carboxylic acids is 1. The average molecular weight is 541 g/mol. The summed E-state index contributed by atoms with van der Waals surface area (Å²) in [6.45, 7) is 0.705. The number of anilines is 1. The second-order valence-electron chi connectivity index (χ2n) is 7.00. The molecule has 3 aromatic carbocycles. The zero-order chi connectivity index (χ0) is 22.5. The molecule has 2 aliphatic rings. The molecule has 10 heteroatoms. The van der Waals surface area contributed by atoms with Crippen LogP contribution in [-0.2, 0) is 9.59 Å². The number of hydrogen-bond donors (Lipinski definition) is 1. The number of ether oxygens (including phenoxy) is 1. The van der Waals surface area contributed by atoms with Crippen LogP contribution in [0.3, 0.4) is 0 Å². The van der Waals surface area contributed by atoms with Gasteiger partial charge in [0, 0.05) is 21.7 Å². The van der Waals surface area contributed by atoms with Crippen molar-refractivity contribution in [3.8, 4) is 5.75 Å². The first-order valence-electron chi connectivity index (χ1n) is 9.86. The van der Waals surface area contributed by atoms with E-state index in [4.69, 9.17) is 16.3 Å². The number of carbonyl (C=O) groups is 2. The van der Waals surface area contributed by atoms with Crippen molar-refractivity contribution in [1.29, 1.82) is 0 Å². The maximum Gasteiger partial charge on any atom is 1.00 e. The molecule has 168 valence electrons. The predicted octanol–water partition coefficient (Wildman–Crippen LogP) is -2.83. The minimum atomic E-state index is -1.61. The standard InChI is InChI=1S/C16H11ClN2O3.C9H8O.2K.H2O/c17-10-6-7-12-11(8-10)13(9-4-2-1-3-5-9)19-14(16(21)22)15(20)18-12;1-2-6-9-8(4-1)5-3-7-10-9;;;/h1-8,14H,(H,18,20)(H,21,22);1-6H,7H2;;;1H2/q;;2*+1;/p-2. The zero-order valence-electron chi connectivity index (χ0n) is 19.3. The molecule has 0 spiro atoms. The molecule has 0 aromatic heterocycles. The van der Waals surface area contributed by atoms with Crippen LogP contribution in [0.2, 0.25) is 5.02 Å². The molecule has 7 nitrogen and oxygen atoms in total. The molecule has 1 amide bonds. The number of nitrogens with one attached hydrogen (secondary N) is 1. The summed E-state index contributed by atoms with van der Waals surface area (Å²) in [5, 5.41) is 14.2. The number of aliphatic imine (C=N–C) groups is 1. The fraction of sp³-hybridized carbons (Fsp3) is 0.0800. The van der Waals surface area contributed by atoms with E-state index in [-0.39, 0.29) is 108 Å². The average Bonchev–Trinajstić information content (AvgIpc) is 2.96. The summed E-state index contributed by atoms with van der Waals surface area (Å²) in [4.78, 5) is 27.3. The molecule has 0 saturated carbocycles. The fourth-order valence-electron chi connectivity index (χ4n) is 3.33. The molecule has 35 heavy (non-hydrogen) atoms. The van der Waals surface area contributed by atoms with Gasteiger partial charge in [0.05, 0.1) is 17.4 Å². The first kappa shape index (κ1) is 32.4. The maximum absolute atomic E-state index is 12.0. The van der Waals surface area contributed by atoms with Crippen molar-refractivity contribution in [3.05, 3.63) is 101 Å². The Morgan fingerprint density at radius 1 is 1.03 bits per heavy atom. The van der Waals surface area contributed by atoms with E-state index in [1.165, 1.54) is 5.56 Å². The van der Waals surface area contributed by atoms with Gasteiger partial charge in [0.15, 0.2) is 6.04 Å². The molecule has 2 heterocycles. The monoisotopic (exact) mass is 540 g/mol. The van der Waals surface area contributed by atoms with Gasteiger partial charge in [-0.15, -0.1) is 0 Å². The Bertz CT molecular complexity index is 1240. The van der Waals surface area contributed by atoms with Crippen molar-refractivity contribution >= 4 is 41.0 Å². The smallest absolute Gasteiger partial charge is 0.870 e. The molecule has 0 fully saturated rings. The third kappa shape index (κ3) is 8.42. The quantitative estimate of drug-likeness (QED) is 0.277. The minimum Gasteiger partial charge on any atom is -0.870 e. The van der Waals surface area contributed by atoms with Gasteiger partial charge in [-0.3, -0.25) is 9.79 Å². The number of rotatable bonds is 2. The third-order valence-corrected chi connectivity index (χ3v) is 5.06. The second-order valence-corrected chi connectivity index (χ2v) is 7.43. The van der Waals surface area contributed by atoms with Crippen molar-refractivity contribution in [2.45, 2.75) is 6.04 Å².